The van der Waals surface area contributed by atoms with Gasteiger partial charge in [0.2, 0.25) is 11.8 Å². The van der Waals surface area contributed by atoms with E-state index < -0.39 is 0 Å². The molecule has 1 aromatic carbocycles. The first-order valence-corrected chi connectivity index (χ1v) is 8.38. The van der Waals surface area contributed by atoms with Crippen LogP contribution in [0.2, 0.25) is 0 Å². The van der Waals surface area contributed by atoms with Crippen LogP contribution in [0.15, 0.2) is 30.3 Å². The second kappa shape index (κ2) is 6.96. The summed E-state index contributed by atoms with van der Waals surface area (Å²) in [6, 6.07) is 9.57. The van der Waals surface area contributed by atoms with Gasteiger partial charge in [0.1, 0.15) is 5.82 Å². The highest BCUT2D eigenvalue weighted by molar-refractivity contribution is 5.98. The minimum Gasteiger partial charge on any atom is -0.360 e. The van der Waals surface area contributed by atoms with E-state index in [-0.39, 0.29) is 18.4 Å². The van der Waals surface area contributed by atoms with E-state index in [1.165, 1.54) is 0 Å². The number of benzene rings is 1. The number of anilines is 3. The number of fused-ring (bicyclic) bond motifs is 1. The molecule has 0 radical (unpaired) electrons. The molecule has 1 N–H and O–H groups in total. The molecule has 0 saturated heterocycles. The summed E-state index contributed by atoms with van der Waals surface area (Å²) in [4.78, 5) is 28.2. The minimum atomic E-state index is -0.103. The summed E-state index contributed by atoms with van der Waals surface area (Å²) in [7, 11) is 1.80. The van der Waals surface area contributed by atoms with Crippen LogP contribution >= 0.6 is 0 Å². The number of hydrogen-bond acceptors (Lipinski definition) is 4. The van der Waals surface area contributed by atoms with Crippen LogP contribution in [0.4, 0.5) is 17.2 Å². The molecule has 25 heavy (non-hydrogen) atoms. The molecular weight excluding hydrogens is 318 g/mol. The van der Waals surface area contributed by atoms with Gasteiger partial charge < -0.3 is 15.1 Å². The Morgan fingerprint density at radius 2 is 1.92 bits per heavy atom. The van der Waals surface area contributed by atoms with Crippen LogP contribution in [0, 0.1) is 6.92 Å². The van der Waals surface area contributed by atoms with E-state index in [9.17, 15) is 9.59 Å². The molecule has 0 fully saturated rings. The van der Waals surface area contributed by atoms with Crippen LogP contribution in [0.1, 0.15) is 19.0 Å². The molecule has 2 aromatic rings. The lowest BCUT2D eigenvalue weighted by Crippen LogP contribution is -2.34. The van der Waals surface area contributed by atoms with Crippen LogP contribution in [0.5, 0.6) is 0 Å². The van der Waals surface area contributed by atoms with Gasteiger partial charge in [0.15, 0.2) is 0 Å². The first-order chi connectivity index (χ1) is 12.0. The van der Waals surface area contributed by atoms with Gasteiger partial charge >= 0.3 is 0 Å². The van der Waals surface area contributed by atoms with Crippen molar-refractivity contribution in [3.8, 4) is 0 Å². The lowest BCUT2D eigenvalue weighted by atomic mass is 10.2. The zero-order valence-electron chi connectivity index (χ0n) is 14.8. The standard InChI is InChI=1S/C18H23N5O2/c1-13-11-17(21(3)20-13)19-18(25)12-22-9-6-10-23(14(2)24)16-8-5-4-7-15(16)22/h4-5,7-8,11H,6,9-10,12H2,1-3H3,(H,19,25). The topological polar surface area (TPSA) is 70.5 Å². The Bertz CT molecular complexity index is 799. The predicted octanol–water partition coefficient (Wildman–Crippen LogP) is 1.93. The van der Waals surface area contributed by atoms with E-state index in [2.05, 4.69) is 10.4 Å². The molecular formula is C18H23N5O2. The van der Waals surface area contributed by atoms with Gasteiger partial charge in [-0.3, -0.25) is 14.3 Å². The molecule has 0 unspecified atom stereocenters. The van der Waals surface area contributed by atoms with Crippen molar-refractivity contribution >= 4 is 29.0 Å². The maximum absolute atomic E-state index is 12.5. The molecule has 0 bridgehead atoms. The molecule has 2 amide bonds. The molecule has 0 aliphatic carbocycles. The molecule has 2 heterocycles. The Balaban J connectivity index is 1.79. The Hall–Kier alpha value is -2.83. The van der Waals surface area contributed by atoms with Gasteiger partial charge in [-0.2, -0.15) is 5.10 Å². The summed E-state index contributed by atoms with van der Waals surface area (Å²) >= 11 is 0. The van der Waals surface area contributed by atoms with E-state index in [1.807, 2.05) is 42.2 Å². The van der Waals surface area contributed by atoms with E-state index in [0.29, 0.717) is 12.4 Å². The third-order valence-electron chi connectivity index (χ3n) is 4.31. The number of nitrogens with zero attached hydrogens (tertiary/aromatic N) is 4. The van der Waals surface area contributed by atoms with Crippen molar-refractivity contribution in [3.63, 3.8) is 0 Å². The van der Waals surface area contributed by atoms with Crippen molar-refractivity contribution in [1.29, 1.82) is 0 Å². The van der Waals surface area contributed by atoms with Crippen molar-refractivity contribution in [2.45, 2.75) is 20.3 Å². The fourth-order valence-corrected chi connectivity index (χ4v) is 3.20. The Morgan fingerprint density at radius 3 is 2.56 bits per heavy atom. The maximum atomic E-state index is 12.5. The zero-order valence-corrected chi connectivity index (χ0v) is 14.8. The number of aromatic nitrogens is 2. The van der Waals surface area contributed by atoms with E-state index in [4.69, 9.17) is 0 Å². The molecule has 1 aliphatic rings. The first kappa shape index (κ1) is 17.0. The van der Waals surface area contributed by atoms with Crippen LogP contribution in [-0.2, 0) is 16.6 Å². The highest BCUT2D eigenvalue weighted by Gasteiger charge is 2.24. The van der Waals surface area contributed by atoms with Crippen LogP contribution in [0.25, 0.3) is 0 Å². The van der Waals surface area contributed by atoms with Crippen LogP contribution in [-0.4, -0.2) is 41.2 Å². The number of hydrogen-bond donors (Lipinski definition) is 1. The highest BCUT2D eigenvalue weighted by atomic mass is 16.2. The number of nitrogens with one attached hydrogen (secondary N) is 1. The van der Waals surface area contributed by atoms with Crippen LogP contribution < -0.4 is 15.1 Å². The minimum absolute atomic E-state index is 0.0177. The molecule has 7 heteroatoms. The fraction of sp³-hybridized carbons (Fsp3) is 0.389. The Kier molecular flexibility index (Phi) is 4.74. The number of carbonyl (C=O) groups excluding carboxylic acids is 2. The second-order valence-corrected chi connectivity index (χ2v) is 6.28. The average Bonchev–Trinajstić information content (AvgIpc) is 2.77. The third-order valence-corrected chi connectivity index (χ3v) is 4.31. The van der Waals surface area contributed by atoms with Gasteiger partial charge in [0, 0.05) is 33.1 Å². The lowest BCUT2D eigenvalue weighted by Gasteiger charge is -2.25. The fourth-order valence-electron chi connectivity index (χ4n) is 3.20. The predicted molar refractivity (Wildman–Crippen MR) is 97.9 cm³/mol. The highest BCUT2D eigenvalue weighted by Crippen LogP contribution is 2.32. The monoisotopic (exact) mass is 341 g/mol. The van der Waals surface area contributed by atoms with Crippen molar-refractivity contribution in [3.05, 3.63) is 36.0 Å². The molecule has 1 aromatic heterocycles. The molecule has 3 rings (SSSR count). The quantitative estimate of drug-likeness (QED) is 0.926. The van der Waals surface area contributed by atoms with E-state index in [0.717, 1.165) is 30.0 Å². The van der Waals surface area contributed by atoms with E-state index >= 15 is 0 Å². The van der Waals surface area contributed by atoms with Crippen molar-refractivity contribution < 1.29 is 9.59 Å². The molecule has 0 saturated carbocycles. The number of aryl methyl sites for hydroxylation is 2. The van der Waals surface area contributed by atoms with Crippen molar-refractivity contribution in [1.82, 2.24) is 9.78 Å². The third kappa shape index (κ3) is 3.65. The summed E-state index contributed by atoms with van der Waals surface area (Å²) in [6.07, 6.45) is 0.812. The second-order valence-electron chi connectivity index (χ2n) is 6.28. The molecule has 0 atom stereocenters. The summed E-state index contributed by atoms with van der Waals surface area (Å²) in [5.74, 6) is 0.592. The van der Waals surface area contributed by atoms with Crippen LogP contribution in [0.3, 0.4) is 0 Å². The Morgan fingerprint density at radius 1 is 1.20 bits per heavy atom. The number of carbonyl (C=O) groups is 2. The summed E-state index contributed by atoms with van der Waals surface area (Å²) in [5.41, 5.74) is 2.62. The molecule has 1 aliphatic heterocycles. The van der Waals surface area contributed by atoms with Gasteiger partial charge in [0.25, 0.3) is 0 Å². The van der Waals surface area contributed by atoms with Gasteiger partial charge in [0.05, 0.1) is 23.6 Å². The average molecular weight is 341 g/mol. The largest absolute Gasteiger partial charge is 0.360 e. The van der Waals surface area contributed by atoms with Gasteiger partial charge in [-0.15, -0.1) is 0 Å². The smallest absolute Gasteiger partial charge is 0.245 e. The SMILES string of the molecule is CC(=O)N1CCCN(CC(=O)Nc2cc(C)nn2C)c2ccccc21. The molecule has 7 nitrogen and oxygen atoms in total. The summed E-state index contributed by atoms with van der Waals surface area (Å²) in [5, 5.41) is 7.14. The van der Waals surface area contributed by atoms with Crippen molar-refractivity contribution in [2.24, 2.45) is 7.05 Å². The summed E-state index contributed by atoms with van der Waals surface area (Å²) in [6.45, 7) is 5.07. The number of para-hydroxylation sites is 2. The number of rotatable bonds is 3. The summed E-state index contributed by atoms with van der Waals surface area (Å²) < 4.78 is 1.65. The lowest BCUT2D eigenvalue weighted by molar-refractivity contribution is -0.116. The van der Waals surface area contributed by atoms with Gasteiger partial charge in [-0.25, -0.2) is 0 Å². The number of amides is 2. The van der Waals surface area contributed by atoms with E-state index in [1.54, 1.807) is 23.6 Å². The van der Waals surface area contributed by atoms with Gasteiger partial charge in [-0.05, 0) is 25.5 Å². The molecule has 132 valence electrons. The van der Waals surface area contributed by atoms with Gasteiger partial charge in [-0.1, -0.05) is 12.1 Å². The Labute approximate surface area is 147 Å². The van der Waals surface area contributed by atoms with Crippen molar-refractivity contribution in [2.75, 3.05) is 34.8 Å². The first-order valence-electron chi connectivity index (χ1n) is 8.38. The zero-order chi connectivity index (χ0) is 18.0. The maximum Gasteiger partial charge on any atom is 0.245 e. The molecule has 0 spiro atoms. The normalized spacial score (nSPS) is 14.0.